The van der Waals surface area contributed by atoms with Crippen molar-refractivity contribution < 1.29 is 23.8 Å². The van der Waals surface area contributed by atoms with Crippen LogP contribution in [0, 0.1) is 0 Å². The Morgan fingerprint density at radius 2 is 1.88 bits per heavy atom. The number of fused-ring (bicyclic) bond motifs is 1. The molecule has 1 saturated heterocycles. The van der Waals surface area contributed by atoms with Crippen molar-refractivity contribution in [2.24, 2.45) is 5.16 Å². The zero-order valence-electron chi connectivity index (χ0n) is 10.4. The molecule has 0 aromatic heterocycles. The Morgan fingerprint density at radius 1 is 1.18 bits per heavy atom. The van der Waals surface area contributed by atoms with Crippen LogP contribution < -0.4 is 0 Å². The van der Waals surface area contributed by atoms with Crippen molar-refractivity contribution in [1.29, 1.82) is 0 Å². The summed E-state index contributed by atoms with van der Waals surface area (Å²) >= 11 is 0. The first-order chi connectivity index (χ1) is 8.31. The summed E-state index contributed by atoms with van der Waals surface area (Å²) in [4.78, 5) is 5.24. The monoisotopic (exact) mass is 245 g/mol. The molecule has 0 N–H and O–H groups in total. The summed E-state index contributed by atoms with van der Waals surface area (Å²) in [6, 6.07) is 0. The summed E-state index contributed by atoms with van der Waals surface area (Å²) in [5.41, 5.74) is 0.662. The highest BCUT2D eigenvalue weighted by atomic mass is 16.8. The number of rotatable bonds is 7. The molecule has 6 heteroatoms. The maximum absolute atomic E-state index is 5.49. The second-order valence-corrected chi connectivity index (χ2v) is 3.71. The predicted octanol–water partition coefficient (Wildman–Crippen LogP) is 0.902. The Hall–Kier alpha value is -0.690. The molecule has 2 rings (SSSR count). The van der Waals surface area contributed by atoms with Gasteiger partial charge in [0, 0.05) is 19.8 Å². The van der Waals surface area contributed by atoms with E-state index < -0.39 is 12.6 Å². The van der Waals surface area contributed by atoms with Crippen LogP contribution in [-0.2, 0) is 23.8 Å². The third-order valence-corrected chi connectivity index (χ3v) is 2.56. The molecule has 1 fully saturated rings. The molecule has 2 aliphatic heterocycles. The lowest BCUT2D eigenvalue weighted by Gasteiger charge is -2.22. The van der Waals surface area contributed by atoms with E-state index in [1.165, 1.54) is 0 Å². The molecule has 17 heavy (non-hydrogen) atoms. The number of ether oxygens (including phenoxy) is 4. The Balaban J connectivity index is 1.97. The van der Waals surface area contributed by atoms with Gasteiger partial charge in [0.1, 0.15) is 11.8 Å². The maximum Gasteiger partial charge on any atom is 0.256 e. The van der Waals surface area contributed by atoms with Crippen LogP contribution in [0.15, 0.2) is 5.16 Å². The summed E-state index contributed by atoms with van der Waals surface area (Å²) in [7, 11) is 0. The largest absolute Gasteiger partial charge is 0.360 e. The van der Waals surface area contributed by atoms with E-state index in [-0.39, 0.29) is 12.2 Å². The quantitative estimate of drug-likeness (QED) is 0.492. The summed E-state index contributed by atoms with van der Waals surface area (Å²) in [6.45, 7) is 7.40. The van der Waals surface area contributed by atoms with Gasteiger partial charge < -0.3 is 23.8 Å². The molecular weight excluding hydrogens is 226 g/mol. The molecule has 0 unspecified atom stereocenters. The van der Waals surface area contributed by atoms with Crippen LogP contribution in [0.3, 0.4) is 0 Å². The number of nitrogens with zero attached hydrogens (tertiary/aromatic N) is 1. The molecule has 0 aromatic carbocycles. The molecular formula is C11H19NO5. The second kappa shape index (κ2) is 5.77. The normalized spacial score (nSPS) is 30.8. The van der Waals surface area contributed by atoms with E-state index in [1.807, 2.05) is 20.8 Å². The van der Waals surface area contributed by atoms with Crippen LogP contribution in [0.1, 0.15) is 20.8 Å². The van der Waals surface area contributed by atoms with Crippen molar-refractivity contribution in [3.8, 4) is 0 Å². The molecule has 3 atom stereocenters. The van der Waals surface area contributed by atoms with E-state index in [9.17, 15) is 0 Å². The van der Waals surface area contributed by atoms with Crippen LogP contribution in [-0.4, -0.2) is 50.3 Å². The maximum atomic E-state index is 5.49. The molecule has 0 saturated carbocycles. The lowest BCUT2D eigenvalue weighted by Crippen LogP contribution is -2.38. The van der Waals surface area contributed by atoms with Crippen molar-refractivity contribution >= 4 is 5.71 Å². The molecule has 0 aromatic rings. The topological polar surface area (TPSA) is 61.8 Å². The van der Waals surface area contributed by atoms with Gasteiger partial charge in [-0.2, -0.15) is 0 Å². The summed E-state index contributed by atoms with van der Waals surface area (Å²) in [5, 5.41) is 4.01. The van der Waals surface area contributed by atoms with Crippen molar-refractivity contribution in [3.05, 3.63) is 0 Å². The number of hydrogen-bond acceptors (Lipinski definition) is 6. The fourth-order valence-corrected chi connectivity index (χ4v) is 1.78. The molecule has 0 spiro atoms. The van der Waals surface area contributed by atoms with E-state index in [2.05, 4.69) is 5.16 Å². The van der Waals surface area contributed by atoms with Gasteiger partial charge in [0.25, 0.3) is 6.29 Å². The Bertz CT molecular complexity index is 277. The van der Waals surface area contributed by atoms with Gasteiger partial charge in [-0.3, -0.25) is 0 Å². The fourth-order valence-electron chi connectivity index (χ4n) is 1.78. The van der Waals surface area contributed by atoms with Gasteiger partial charge in [-0.05, 0) is 20.8 Å². The van der Waals surface area contributed by atoms with Gasteiger partial charge in [0.05, 0.1) is 0 Å². The predicted molar refractivity (Wildman–Crippen MR) is 59.6 cm³/mol. The minimum Gasteiger partial charge on any atom is -0.360 e. The molecule has 0 bridgehead atoms. The summed E-state index contributed by atoms with van der Waals surface area (Å²) in [5.74, 6) is 0. The minimum absolute atomic E-state index is 0.0779. The minimum atomic E-state index is -0.484. The zero-order valence-corrected chi connectivity index (χ0v) is 10.4. The molecule has 2 aliphatic rings. The lowest BCUT2D eigenvalue weighted by atomic mass is 10.2. The first-order valence-corrected chi connectivity index (χ1v) is 6.05. The fraction of sp³-hybridized carbons (Fsp3) is 0.909. The highest BCUT2D eigenvalue weighted by Gasteiger charge is 2.56. The first-order valence-electron chi connectivity index (χ1n) is 6.05. The van der Waals surface area contributed by atoms with Crippen LogP contribution in [0.5, 0.6) is 0 Å². The van der Waals surface area contributed by atoms with E-state index >= 15 is 0 Å². The Morgan fingerprint density at radius 3 is 2.47 bits per heavy atom. The van der Waals surface area contributed by atoms with Crippen LogP contribution in [0.25, 0.3) is 0 Å². The molecule has 2 heterocycles. The SMILES string of the molecule is CCOC(OCC)C1=NO[C@H](OCC)[C@H]2O[C@@H]12. The average Bonchev–Trinajstić information content (AvgIpc) is 3.10. The van der Waals surface area contributed by atoms with Gasteiger partial charge in [-0.25, -0.2) is 0 Å². The van der Waals surface area contributed by atoms with Gasteiger partial charge in [-0.1, -0.05) is 5.16 Å². The van der Waals surface area contributed by atoms with Gasteiger partial charge >= 0.3 is 0 Å². The lowest BCUT2D eigenvalue weighted by molar-refractivity contribution is -0.156. The average molecular weight is 245 g/mol. The zero-order chi connectivity index (χ0) is 12.3. The van der Waals surface area contributed by atoms with Crippen LogP contribution in [0.4, 0.5) is 0 Å². The molecule has 0 aliphatic carbocycles. The third-order valence-electron chi connectivity index (χ3n) is 2.56. The Kier molecular flexibility index (Phi) is 4.33. The highest BCUT2D eigenvalue weighted by Crippen LogP contribution is 2.34. The summed E-state index contributed by atoms with van der Waals surface area (Å²) < 4.78 is 21.8. The van der Waals surface area contributed by atoms with Gasteiger partial charge in [-0.15, -0.1) is 0 Å². The van der Waals surface area contributed by atoms with Crippen molar-refractivity contribution in [2.45, 2.75) is 45.6 Å². The summed E-state index contributed by atoms with van der Waals surface area (Å²) in [6.07, 6.45) is -1.06. The van der Waals surface area contributed by atoms with Crippen molar-refractivity contribution in [2.75, 3.05) is 19.8 Å². The van der Waals surface area contributed by atoms with E-state index in [4.69, 9.17) is 23.8 Å². The molecule has 6 nitrogen and oxygen atoms in total. The molecule has 0 amide bonds. The standard InChI is InChI=1S/C11H19NO5/c1-4-13-10(14-5-2)7-8-9(16-8)11(15-6-3)17-12-7/h8-11H,4-6H2,1-3H3/t8-,9-,11-/m0/s1. The van der Waals surface area contributed by atoms with Gasteiger partial charge in [0.2, 0.25) is 6.29 Å². The van der Waals surface area contributed by atoms with E-state index in [0.29, 0.717) is 25.5 Å². The van der Waals surface area contributed by atoms with Crippen molar-refractivity contribution in [1.82, 2.24) is 0 Å². The molecule has 0 radical (unpaired) electrons. The van der Waals surface area contributed by atoms with Crippen LogP contribution in [0.2, 0.25) is 0 Å². The van der Waals surface area contributed by atoms with Gasteiger partial charge in [0.15, 0.2) is 6.10 Å². The first kappa shape index (κ1) is 12.8. The second-order valence-electron chi connectivity index (χ2n) is 3.71. The smallest absolute Gasteiger partial charge is 0.256 e. The number of epoxide rings is 1. The van der Waals surface area contributed by atoms with Crippen LogP contribution >= 0.6 is 0 Å². The van der Waals surface area contributed by atoms with E-state index in [0.717, 1.165) is 0 Å². The Labute approximate surface area is 101 Å². The third kappa shape index (κ3) is 2.77. The highest BCUT2D eigenvalue weighted by molar-refractivity contribution is 5.94. The number of oxime groups is 1. The van der Waals surface area contributed by atoms with E-state index in [1.54, 1.807) is 0 Å². The molecule has 98 valence electrons. The van der Waals surface area contributed by atoms with Crippen molar-refractivity contribution in [3.63, 3.8) is 0 Å². The number of hydrogen-bond donors (Lipinski definition) is 0.